The molecule has 0 radical (unpaired) electrons. The molecule has 2 aromatic carbocycles. The van der Waals surface area contributed by atoms with Crippen LogP contribution in [0.2, 0.25) is 0 Å². The predicted molar refractivity (Wildman–Crippen MR) is 72.8 cm³/mol. The molecule has 0 aliphatic rings. The summed E-state index contributed by atoms with van der Waals surface area (Å²) in [6.45, 7) is 0. The average molecular weight is 326 g/mol. The number of benzene rings is 2. The van der Waals surface area contributed by atoms with E-state index in [-0.39, 0.29) is 18.0 Å². The molecule has 5 heteroatoms. The second-order valence-electron chi connectivity index (χ2n) is 4.01. The summed E-state index contributed by atoms with van der Waals surface area (Å²) in [5.41, 5.74) is 0.928. The highest BCUT2D eigenvalue weighted by Gasteiger charge is 2.06. The Morgan fingerprint density at radius 2 is 1.63 bits per heavy atom. The first kappa shape index (κ1) is 13.7. The normalized spacial score (nSPS) is 10.3. The molecule has 19 heavy (non-hydrogen) atoms. The van der Waals surface area contributed by atoms with Crippen LogP contribution < -0.4 is 5.32 Å². The van der Waals surface area contributed by atoms with Gasteiger partial charge in [0.2, 0.25) is 5.91 Å². The van der Waals surface area contributed by atoms with E-state index < -0.39 is 11.6 Å². The molecule has 98 valence electrons. The Hall–Kier alpha value is -1.75. The topological polar surface area (TPSA) is 29.1 Å². The maximum atomic E-state index is 13.0. The van der Waals surface area contributed by atoms with Gasteiger partial charge in [-0.25, -0.2) is 8.78 Å². The molecule has 0 saturated heterocycles. The summed E-state index contributed by atoms with van der Waals surface area (Å²) in [6.07, 6.45) is 0.144. The van der Waals surface area contributed by atoms with Crippen LogP contribution in [0, 0.1) is 11.6 Å². The number of anilines is 1. The smallest absolute Gasteiger partial charge is 0.228 e. The molecular formula is C14H10BrF2NO. The fourth-order valence-electron chi connectivity index (χ4n) is 1.62. The van der Waals surface area contributed by atoms with Gasteiger partial charge in [0.1, 0.15) is 11.6 Å². The summed E-state index contributed by atoms with van der Waals surface area (Å²) in [5.74, 6) is -1.77. The van der Waals surface area contributed by atoms with Crippen molar-refractivity contribution in [2.45, 2.75) is 6.42 Å². The Morgan fingerprint density at radius 1 is 1.05 bits per heavy atom. The first-order valence-electron chi connectivity index (χ1n) is 5.53. The van der Waals surface area contributed by atoms with Gasteiger partial charge in [0.25, 0.3) is 0 Å². The SMILES string of the molecule is O=C(Cc1ccc(Br)cc1)Nc1cc(F)cc(F)c1. The van der Waals surface area contributed by atoms with Gasteiger partial charge < -0.3 is 5.32 Å². The van der Waals surface area contributed by atoms with E-state index in [0.29, 0.717) is 0 Å². The number of hydrogen-bond acceptors (Lipinski definition) is 1. The van der Waals surface area contributed by atoms with Gasteiger partial charge in [0.05, 0.1) is 6.42 Å². The summed E-state index contributed by atoms with van der Waals surface area (Å²) in [5, 5.41) is 2.46. The number of rotatable bonds is 3. The molecule has 0 aliphatic carbocycles. The monoisotopic (exact) mass is 325 g/mol. The molecule has 1 amide bonds. The molecule has 0 heterocycles. The van der Waals surface area contributed by atoms with Crippen molar-refractivity contribution in [1.82, 2.24) is 0 Å². The van der Waals surface area contributed by atoms with Gasteiger partial charge in [0, 0.05) is 16.2 Å². The largest absolute Gasteiger partial charge is 0.326 e. The van der Waals surface area contributed by atoms with E-state index in [1.54, 1.807) is 12.1 Å². The Morgan fingerprint density at radius 3 is 2.21 bits per heavy atom. The Labute approximate surface area is 117 Å². The van der Waals surface area contributed by atoms with E-state index in [1.165, 1.54) is 0 Å². The van der Waals surface area contributed by atoms with E-state index >= 15 is 0 Å². The fraction of sp³-hybridized carbons (Fsp3) is 0.0714. The molecule has 0 unspecified atom stereocenters. The predicted octanol–water partition coefficient (Wildman–Crippen LogP) is 3.91. The molecule has 2 nitrogen and oxygen atoms in total. The van der Waals surface area contributed by atoms with Crippen molar-refractivity contribution in [3.05, 3.63) is 64.1 Å². The molecule has 0 aliphatic heterocycles. The van der Waals surface area contributed by atoms with Crippen molar-refractivity contribution >= 4 is 27.5 Å². The number of nitrogens with one attached hydrogen (secondary N) is 1. The molecular weight excluding hydrogens is 316 g/mol. The lowest BCUT2D eigenvalue weighted by atomic mass is 10.1. The zero-order valence-electron chi connectivity index (χ0n) is 9.79. The summed E-state index contributed by atoms with van der Waals surface area (Å²) < 4.78 is 26.8. The molecule has 0 fully saturated rings. The lowest BCUT2D eigenvalue weighted by Gasteiger charge is -2.06. The van der Waals surface area contributed by atoms with Gasteiger partial charge in [0.15, 0.2) is 0 Å². The highest BCUT2D eigenvalue weighted by atomic mass is 79.9. The van der Waals surface area contributed by atoms with Gasteiger partial charge in [-0.3, -0.25) is 4.79 Å². The van der Waals surface area contributed by atoms with E-state index in [2.05, 4.69) is 21.2 Å². The van der Waals surface area contributed by atoms with Gasteiger partial charge in [-0.05, 0) is 29.8 Å². The number of halogens is 3. The van der Waals surface area contributed by atoms with Crippen molar-refractivity contribution in [3.8, 4) is 0 Å². The molecule has 0 bridgehead atoms. The maximum Gasteiger partial charge on any atom is 0.228 e. The van der Waals surface area contributed by atoms with Gasteiger partial charge >= 0.3 is 0 Å². The lowest BCUT2D eigenvalue weighted by Crippen LogP contribution is -2.14. The second kappa shape index (κ2) is 5.93. The summed E-state index contributed by atoms with van der Waals surface area (Å²) in [6, 6.07) is 10.1. The van der Waals surface area contributed by atoms with Crippen LogP contribution in [-0.2, 0) is 11.2 Å². The standard InChI is InChI=1S/C14H10BrF2NO/c15-10-3-1-9(2-4-10)5-14(19)18-13-7-11(16)6-12(17)8-13/h1-4,6-8H,5H2,(H,18,19). The minimum Gasteiger partial charge on any atom is -0.326 e. The molecule has 2 aromatic rings. The van der Waals surface area contributed by atoms with E-state index in [0.717, 1.165) is 28.2 Å². The Kier molecular flexibility index (Phi) is 4.27. The minimum absolute atomic E-state index is 0.111. The number of carbonyl (C=O) groups excluding carboxylic acids is 1. The van der Waals surface area contributed by atoms with Crippen LogP contribution in [0.4, 0.5) is 14.5 Å². The van der Waals surface area contributed by atoms with Crippen LogP contribution in [0.25, 0.3) is 0 Å². The van der Waals surface area contributed by atoms with Gasteiger partial charge in [-0.2, -0.15) is 0 Å². The quantitative estimate of drug-likeness (QED) is 0.910. The Bertz CT molecular complexity index is 579. The van der Waals surface area contributed by atoms with E-state index in [4.69, 9.17) is 0 Å². The third kappa shape index (κ3) is 4.13. The second-order valence-corrected chi connectivity index (χ2v) is 4.93. The van der Waals surface area contributed by atoms with Crippen molar-refractivity contribution in [1.29, 1.82) is 0 Å². The number of hydrogen-bond donors (Lipinski definition) is 1. The summed E-state index contributed by atoms with van der Waals surface area (Å²) in [7, 11) is 0. The average Bonchev–Trinajstić information content (AvgIpc) is 2.30. The van der Waals surface area contributed by atoms with Crippen molar-refractivity contribution in [3.63, 3.8) is 0 Å². The molecule has 0 aromatic heterocycles. The summed E-state index contributed by atoms with van der Waals surface area (Å²) >= 11 is 3.30. The van der Waals surface area contributed by atoms with E-state index in [1.807, 2.05) is 12.1 Å². The first-order valence-corrected chi connectivity index (χ1v) is 6.32. The number of carbonyl (C=O) groups is 1. The highest BCUT2D eigenvalue weighted by molar-refractivity contribution is 9.10. The molecule has 0 atom stereocenters. The molecule has 1 N–H and O–H groups in total. The minimum atomic E-state index is -0.723. The van der Waals surface area contributed by atoms with Crippen LogP contribution in [-0.4, -0.2) is 5.91 Å². The number of amides is 1. The molecule has 2 rings (SSSR count). The molecule has 0 saturated carbocycles. The third-order valence-electron chi connectivity index (χ3n) is 2.42. The van der Waals surface area contributed by atoms with Crippen LogP contribution in [0.1, 0.15) is 5.56 Å². The van der Waals surface area contributed by atoms with Gasteiger partial charge in [-0.15, -0.1) is 0 Å². The zero-order valence-corrected chi connectivity index (χ0v) is 11.4. The van der Waals surface area contributed by atoms with Crippen LogP contribution in [0.5, 0.6) is 0 Å². The van der Waals surface area contributed by atoms with Crippen LogP contribution in [0.3, 0.4) is 0 Å². The van der Waals surface area contributed by atoms with Gasteiger partial charge in [-0.1, -0.05) is 28.1 Å². The van der Waals surface area contributed by atoms with Crippen molar-refractivity contribution in [2.24, 2.45) is 0 Å². The van der Waals surface area contributed by atoms with E-state index in [9.17, 15) is 13.6 Å². The van der Waals surface area contributed by atoms with Crippen molar-refractivity contribution < 1.29 is 13.6 Å². The van der Waals surface area contributed by atoms with Crippen LogP contribution >= 0.6 is 15.9 Å². The van der Waals surface area contributed by atoms with Crippen molar-refractivity contribution in [2.75, 3.05) is 5.32 Å². The Balaban J connectivity index is 2.03. The van der Waals surface area contributed by atoms with Crippen LogP contribution in [0.15, 0.2) is 46.9 Å². The fourth-order valence-corrected chi connectivity index (χ4v) is 1.88. The summed E-state index contributed by atoms with van der Waals surface area (Å²) in [4.78, 5) is 11.7. The molecule has 0 spiro atoms. The third-order valence-corrected chi connectivity index (χ3v) is 2.95. The lowest BCUT2D eigenvalue weighted by molar-refractivity contribution is -0.115. The first-order chi connectivity index (χ1) is 9.02. The zero-order chi connectivity index (χ0) is 13.8. The highest BCUT2D eigenvalue weighted by Crippen LogP contribution is 2.14. The maximum absolute atomic E-state index is 13.0.